The van der Waals surface area contributed by atoms with Gasteiger partial charge in [-0.15, -0.1) is 0 Å². The van der Waals surface area contributed by atoms with E-state index in [1.165, 1.54) is 6.07 Å². The summed E-state index contributed by atoms with van der Waals surface area (Å²) in [6.45, 7) is 5.40. The number of hydrogen-bond donors (Lipinski definition) is 1. The first-order valence-corrected chi connectivity index (χ1v) is 12.2. The van der Waals surface area contributed by atoms with Gasteiger partial charge in [0.15, 0.2) is 5.78 Å². The Morgan fingerprint density at radius 1 is 1.22 bits per heavy atom. The van der Waals surface area contributed by atoms with Crippen molar-refractivity contribution in [2.75, 3.05) is 13.1 Å². The molecule has 0 bridgehead atoms. The fourth-order valence-corrected chi connectivity index (χ4v) is 5.65. The third-order valence-electron chi connectivity index (χ3n) is 7.37. The number of fused-ring (bicyclic) bond motifs is 3. The Balaban J connectivity index is 1.51. The van der Waals surface area contributed by atoms with Gasteiger partial charge in [0.1, 0.15) is 17.2 Å². The molecule has 0 unspecified atom stereocenters. The summed E-state index contributed by atoms with van der Waals surface area (Å²) < 4.78 is 28.3. The number of halogens is 2. The number of hydrogen-bond acceptors (Lipinski definition) is 6. The monoisotopic (exact) mass is 507 g/mol. The van der Waals surface area contributed by atoms with Crippen LogP contribution in [0.2, 0.25) is 5.02 Å². The Kier molecular flexibility index (Phi) is 5.28. The molecule has 6 rings (SSSR count). The first kappa shape index (κ1) is 22.9. The van der Waals surface area contributed by atoms with Gasteiger partial charge in [-0.3, -0.25) is 4.79 Å². The summed E-state index contributed by atoms with van der Waals surface area (Å²) >= 11 is 6.29. The number of aryl methyl sites for hydroxylation is 2. The molecule has 0 saturated carbocycles. The van der Waals surface area contributed by atoms with E-state index in [0.29, 0.717) is 59.7 Å². The van der Waals surface area contributed by atoms with Gasteiger partial charge >= 0.3 is 5.97 Å². The molecule has 1 N–H and O–H groups in total. The lowest BCUT2D eigenvalue weighted by molar-refractivity contribution is -0.0242. The Morgan fingerprint density at radius 3 is 2.72 bits per heavy atom. The molecule has 2 aliphatic heterocycles. The summed E-state index contributed by atoms with van der Waals surface area (Å²) in [4.78, 5) is 27.0. The Bertz CT molecular complexity index is 1550. The highest BCUT2D eigenvalue weighted by Gasteiger charge is 2.48. The predicted octanol–water partition coefficient (Wildman–Crippen LogP) is 5.07. The van der Waals surface area contributed by atoms with E-state index in [4.69, 9.17) is 20.9 Å². The topological polar surface area (TPSA) is 86.4 Å². The summed E-state index contributed by atoms with van der Waals surface area (Å²) in [6, 6.07) is 8.03. The van der Waals surface area contributed by atoms with Gasteiger partial charge < -0.3 is 19.1 Å². The maximum Gasteiger partial charge on any atom is 0.340 e. The van der Waals surface area contributed by atoms with Gasteiger partial charge in [-0.2, -0.15) is 0 Å². The summed E-state index contributed by atoms with van der Waals surface area (Å²) in [5.74, 6) is -1.30. The van der Waals surface area contributed by atoms with E-state index in [-0.39, 0.29) is 16.7 Å². The molecule has 0 aliphatic carbocycles. The van der Waals surface area contributed by atoms with Crippen LogP contribution in [-0.2, 0) is 16.9 Å². The molecule has 2 aliphatic rings. The van der Waals surface area contributed by atoms with Crippen LogP contribution in [0.4, 0.5) is 4.39 Å². The first-order chi connectivity index (χ1) is 17.3. The van der Waals surface area contributed by atoms with E-state index in [9.17, 15) is 9.59 Å². The second kappa shape index (κ2) is 8.28. The van der Waals surface area contributed by atoms with E-state index in [1.54, 1.807) is 30.5 Å². The number of rotatable bonds is 4. The van der Waals surface area contributed by atoms with Gasteiger partial charge in [0, 0.05) is 46.1 Å². The average molecular weight is 508 g/mol. The molecule has 1 saturated heterocycles. The van der Waals surface area contributed by atoms with Crippen LogP contribution in [-0.4, -0.2) is 34.6 Å². The zero-order valence-electron chi connectivity index (χ0n) is 19.8. The molecule has 2 aromatic heterocycles. The van der Waals surface area contributed by atoms with Crippen molar-refractivity contribution in [1.82, 2.24) is 15.0 Å². The van der Waals surface area contributed by atoms with Crippen LogP contribution in [0, 0.1) is 19.7 Å². The number of aromatic nitrogens is 2. The van der Waals surface area contributed by atoms with Gasteiger partial charge in [-0.25, -0.2) is 9.18 Å². The van der Waals surface area contributed by atoms with Crippen molar-refractivity contribution in [3.63, 3.8) is 0 Å². The van der Waals surface area contributed by atoms with Crippen LogP contribution < -0.4 is 5.32 Å². The number of carbonyl (C=O) groups excluding carboxylic acids is 2. The predicted molar refractivity (Wildman–Crippen MR) is 131 cm³/mol. The highest BCUT2D eigenvalue weighted by molar-refractivity contribution is 6.31. The molecule has 2 aromatic carbocycles. The number of carbonyl (C=O) groups is 2. The molecular weight excluding hydrogens is 485 g/mol. The Morgan fingerprint density at radius 2 is 2.00 bits per heavy atom. The number of ether oxygens (including phenoxy) is 1. The highest BCUT2D eigenvalue weighted by atomic mass is 35.5. The molecule has 1 fully saturated rings. The largest absolute Gasteiger partial charge is 0.450 e. The quantitative estimate of drug-likeness (QED) is 0.307. The molecular formula is C27H23ClFN3O4. The van der Waals surface area contributed by atoms with Crippen molar-refractivity contribution >= 4 is 34.3 Å². The van der Waals surface area contributed by atoms with E-state index in [1.807, 2.05) is 18.4 Å². The van der Waals surface area contributed by atoms with Gasteiger partial charge in [0.2, 0.25) is 0 Å². The van der Waals surface area contributed by atoms with Crippen LogP contribution in [0.3, 0.4) is 0 Å². The summed E-state index contributed by atoms with van der Waals surface area (Å²) in [5, 5.41) is 8.38. The fraction of sp³-hybridized carbons (Fsp3) is 0.296. The zero-order valence-corrected chi connectivity index (χ0v) is 20.5. The van der Waals surface area contributed by atoms with Crippen LogP contribution >= 0.6 is 11.6 Å². The molecule has 0 amide bonds. The number of piperidine rings is 1. The number of nitrogens with zero attached hydrogens (tertiary/aromatic N) is 2. The molecule has 9 heteroatoms. The minimum Gasteiger partial charge on any atom is -0.450 e. The summed E-state index contributed by atoms with van der Waals surface area (Å²) in [5.41, 5.74) is 2.14. The fourth-order valence-electron chi connectivity index (χ4n) is 5.49. The molecule has 4 aromatic rings. The van der Waals surface area contributed by atoms with Crippen LogP contribution in [0.15, 0.2) is 41.1 Å². The molecule has 1 spiro atoms. The maximum atomic E-state index is 15.3. The molecule has 4 heterocycles. The number of nitrogens with one attached hydrogen (secondary N) is 1. The molecule has 0 atom stereocenters. The molecule has 7 nitrogen and oxygen atoms in total. The molecule has 184 valence electrons. The SMILES string of the molecule is Cc1noc(C)c1Cn1cc(C(=O)c2c(F)ccc3c2C(=O)OC32CCNCC2)c2ccc(Cl)cc21. The lowest BCUT2D eigenvalue weighted by Gasteiger charge is -2.33. The summed E-state index contributed by atoms with van der Waals surface area (Å²) in [7, 11) is 0. The number of benzene rings is 2. The van der Waals surface area contributed by atoms with Gasteiger partial charge in [-0.1, -0.05) is 28.9 Å². The van der Waals surface area contributed by atoms with E-state index in [2.05, 4.69) is 10.5 Å². The first-order valence-electron chi connectivity index (χ1n) is 11.8. The average Bonchev–Trinajstić information content (AvgIpc) is 3.47. The van der Waals surface area contributed by atoms with Gasteiger partial charge in [-0.05, 0) is 45.1 Å². The molecule has 0 radical (unpaired) electrons. The lowest BCUT2D eigenvalue weighted by Crippen LogP contribution is -2.40. The summed E-state index contributed by atoms with van der Waals surface area (Å²) in [6.07, 6.45) is 2.81. The number of esters is 1. The minimum atomic E-state index is -0.828. The van der Waals surface area contributed by atoms with Crippen molar-refractivity contribution in [3.8, 4) is 0 Å². The van der Waals surface area contributed by atoms with Crippen LogP contribution in [0.25, 0.3) is 10.9 Å². The molecule has 36 heavy (non-hydrogen) atoms. The normalized spacial score (nSPS) is 16.5. The third kappa shape index (κ3) is 3.39. The third-order valence-corrected chi connectivity index (χ3v) is 7.61. The highest BCUT2D eigenvalue weighted by Crippen LogP contribution is 2.45. The van der Waals surface area contributed by atoms with Crippen molar-refractivity contribution in [1.29, 1.82) is 0 Å². The van der Waals surface area contributed by atoms with Crippen molar-refractivity contribution in [3.05, 3.63) is 86.6 Å². The van der Waals surface area contributed by atoms with Crippen molar-refractivity contribution < 1.29 is 23.2 Å². The lowest BCUT2D eigenvalue weighted by atomic mass is 9.82. The van der Waals surface area contributed by atoms with Crippen molar-refractivity contribution in [2.45, 2.75) is 38.8 Å². The van der Waals surface area contributed by atoms with Gasteiger partial charge in [0.25, 0.3) is 0 Å². The van der Waals surface area contributed by atoms with E-state index >= 15 is 4.39 Å². The second-order valence-corrected chi connectivity index (χ2v) is 9.88. The Hall–Kier alpha value is -3.49. The van der Waals surface area contributed by atoms with Crippen LogP contribution in [0.5, 0.6) is 0 Å². The standard InChI is InChI=1S/C27H23ClFN3O4/c1-14-18(15(2)36-31-14)12-32-13-19(17-4-3-16(28)11-22(17)32)25(33)24-21(29)6-5-20-23(24)26(34)35-27(20)7-9-30-10-8-27/h3-6,11,13,30H,7-10,12H2,1-2H3. The van der Waals surface area contributed by atoms with Crippen molar-refractivity contribution in [2.24, 2.45) is 0 Å². The maximum absolute atomic E-state index is 15.3. The van der Waals surface area contributed by atoms with Gasteiger partial charge in [0.05, 0.1) is 28.9 Å². The van der Waals surface area contributed by atoms with E-state index in [0.717, 1.165) is 11.3 Å². The minimum absolute atomic E-state index is 0.0301. The smallest absolute Gasteiger partial charge is 0.340 e. The second-order valence-electron chi connectivity index (χ2n) is 9.44. The van der Waals surface area contributed by atoms with E-state index < -0.39 is 23.2 Å². The Labute approximate surface area is 211 Å². The van der Waals surface area contributed by atoms with Crippen LogP contribution in [0.1, 0.15) is 61.7 Å². The zero-order chi connectivity index (χ0) is 25.2. The number of ketones is 1.